The van der Waals surface area contributed by atoms with Gasteiger partial charge in [-0.1, -0.05) is 13.8 Å². The fourth-order valence-corrected chi connectivity index (χ4v) is 2.13. The first-order valence-corrected chi connectivity index (χ1v) is 5.55. The quantitative estimate of drug-likeness (QED) is 0.717. The Labute approximate surface area is 86.4 Å². The highest BCUT2D eigenvalue weighted by molar-refractivity contribution is 5.76. The molecule has 1 aliphatic carbocycles. The standard InChI is InChI=1S/C11H22N2O/c1-7-4-5-10(9(7)3)13-11(14)6-8(2)12/h7-10H,4-6,12H2,1-3H3,(H,13,14). The highest BCUT2D eigenvalue weighted by Gasteiger charge is 2.30. The van der Waals surface area contributed by atoms with Crippen molar-refractivity contribution in [2.45, 2.75) is 52.1 Å². The summed E-state index contributed by atoms with van der Waals surface area (Å²) in [7, 11) is 0. The largest absolute Gasteiger partial charge is 0.353 e. The van der Waals surface area contributed by atoms with E-state index >= 15 is 0 Å². The molecule has 0 heterocycles. The van der Waals surface area contributed by atoms with Crippen LogP contribution in [-0.2, 0) is 4.79 Å². The van der Waals surface area contributed by atoms with Gasteiger partial charge in [0, 0.05) is 18.5 Å². The molecule has 3 nitrogen and oxygen atoms in total. The van der Waals surface area contributed by atoms with Crippen molar-refractivity contribution >= 4 is 5.91 Å². The molecule has 1 rings (SSSR count). The third kappa shape index (κ3) is 2.98. The monoisotopic (exact) mass is 198 g/mol. The number of carbonyl (C=O) groups excluding carboxylic acids is 1. The van der Waals surface area contributed by atoms with E-state index in [0.717, 1.165) is 12.3 Å². The number of nitrogens with one attached hydrogen (secondary N) is 1. The molecule has 14 heavy (non-hydrogen) atoms. The molecule has 3 N–H and O–H groups in total. The summed E-state index contributed by atoms with van der Waals surface area (Å²) in [5.41, 5.74) is 5.57. The summed E-state index contributed by atoms with van der Waals surface area (Å²) in [5, 5.41) is 3.07. The summed E-state index contributed by atoms with van der Waals surface area (Å²) >= 11 is 0. The minimum absolute atomic E-state index is 0.0378. The molecule has 0 radical (unpaired) electrons. The zero-order valence-corrected chi connectivity index (χ0v) is 9.42. The predicted molar refractivity (Wildman–Crippen MR) is 57.8 cm³/mol. The van der Waals surface area contributed by atoms with E-state index in [2.05, 4.69) is 19.2 Å². The molecule has 3 heteroatoms. The summed E-state index contributed by atoms with van der Waals surface area (Å²) in [6, 6.07) is 0.334. The van der Waals surface area contributed by atoms with Crippen molar-refractivity contribution in [1.29, 1.82) is 0 Å². The van der Waals surface area contributed by atoms with Gasteiger partial charge in [0.2, 0.25) is 5.91 Å². The lowest BCUT2D eigenvalue weighted by atomic mass is 9.97. The Balaban J connectivity index is 2.34. The zero-order chi connectivity index (χ0) is 10.7. The average Bonchev–Trinajstić information content (AvgIpc) is 2.34. The van der Waals surface area contributed by atoms with Gasteiger partial charge in [-0.2, -0.15) is 0 Å². The molecule has 4 atom stereocenters. The highest BCUT2D eigenvalue weighted by atomic mass is 16.1. The summed E-state index contributed by atoms with van der Waals surface area (Å²) < 4.78 is 0. The number of hydrogen-bond donors (Lipinski definition) is 2. The van der Waals surface area contributed by atoms with E-state index in [1.165, 1.54) is 6.42 Å². The maximum atomic E-state index is 11.5. The van der Waals surface area contributed by atoms with E-state index in [1.54, 1.807) is 0 Å². The summed E-state index contributed by atoms with van der Waals surface area (Å²) in [6.07, 6.45) is 2.79. The van der Waals surface area contributed by atoms with Crippen molar-refractivity contribution in [2.75, 3.05) is 0 Å². The van der Waals surface area contributed by atoms with Crippen LogP contribution in [0.2, 0.25) is 0 Å². The van der Waals surface area contributed by atoms with Crippen molar-refractivity contribution in [3.63, 3.8) is 0 Å². The first kappa shape index (κ1) is 11.5. The van der Waals surface area contributed by atoms with Crippen LogP contribution in [0.15, 0.2) is 0 Å². The summed E-state index contributed by atoms with van der Waals surface area (Å²) in [5.74, 6) is 1.44. The Morgan fingerprint density at radius 2 is 2.14 bits per heavy atom. The Bertz CT molecular complexity index is 203. The van der Waals surface area contributed by atoms with Crippen LogP contribution >= 0.6 is 0 Å². The van der Waals surface area contributed by atoms with Gasteiger partial charge in [0.25, 0.3) is 0 Å². The molecule has 4 unspecified atom stereocenters. The van der Waals surface area contributed by atoms with Gasteiger partial charge in [0.05, 0.1) is 0 Å². The molecule has 0 spiro atoms. The van der Waals surface area contributed by atoms with Gasteiger partial charge in [0.15, 0.2) is 0 Å². The van der Waals surface area contributed by atoms with E-state index in [9.17, 15) is 4.79 Å². The van der Waals surface area contributed by atoms with Crippen LogP contribution in [0.1, 0.15) is 40.0 Å². The van der Waals surface area contributed by atoms with Crippen LogP contribution in [0.3, 0.4) is 0 Å². The van der Waals surface area contributed by atoms with Crippen LogP contribution in [0.25, 0.3) is 0 Å². The number of amides is 1. The van der Waals surface area contributed by atoms with E-state index < -0.39 is 0 Å². The van der Waals surface area contributed by atoms with Crippen molar-refractivity contribution in [1.82, 2.24) is 5.32 Å². The minimum atomic E-state index is -0.0378. The van der Waals surface area contributed by atoms with Gasteiger partial charge in [-0.25, -0.2) is 0 Å². The summed E-state index contributed by atoms with van der Waals surface area (Å²) in [4.78, 5) is 11.5. The van der Waals surface area contributed by atoms with Gasteiger partial charge in [-0.3, -0.25) is 4.79 Å². The van der Waals surface area contributed by atoms with Gasteiger partial charge < -0.3 is 11.1 Å². The third-order valence-electron chi connectivity index (χ3n) is 3.32. The molecular weight excluding hydrogens is 176 g/mol. The van der Waals surface area contributed by atoms with Crippen LogP contribution in [0, 0.1) is 11.8 Å². The van der Waals surface area contributed by atoms with Crippen LogP contribution in [-0.4, -0.2) is 18.0 Å². The summed E-state index contributed by atoms with van der Waals surface area (Å²) in [6.45, 7) is 6.33. The van der Waals surface area contributed by atoms with Gasteiger partial charge in [0.1, 0.15) is 0 Å². The molecule has 0 aromatic carbocycles. The first-order valence-electron chi connectivity index (χ1n) is 5.55. The maximum Gasteiger partial charge on any atom is 0.221 e. The predicted octanol–water partition coefficient (Wildman–Crippen LogP) is 1.27. The normalized spacial score (nSPS) is 34.1. The molecule has 0 aromatic rings. The second-order valence-electron chi connectivity index (χ2n) is 4.77. The third-order valence-corrected chi connectivity index (χ3v) is 3.32. The molecular formula is C11H22N2O. The molecule has 1 saturated carbocycles. The molecule has 1 aliphatic rings. The molecule has 0 saturated heterocycles. The number of carbonyl (C=O) groups is 1. The Morgan fingerprint density at radius 3 is 2.57 bits per heavy atom. The smallest absolute Gasteiger partial charge is 0.221 e. The van der Waals surface area contributed by atoms with Gasteiger partial charge in [-0.15, -0.1) is 0 Å². The second-order valence-corrected chi connectivity index (χ2v) is 4.77. The molecule has 0 bridgehead atoms. The molecule has 0 aromatic heterocycles. The Morgan fingerprint density at radius 1 is 1.50 bits per heavy atom. The number of rotatable bonds is 3. The molecule has 0 aliphatic heterocycles. The number of nitrogens with two attached hydrogens (primary N) is 1. The first-order chi connectivity index (χ1) is 6.50. The van der Waals surface area contributed by atoms with Crippen molar-refractivity contribution < 1.29 is 4.79 Å². The number of hydrogen-bond acceptors (Lipinski definition) is 2. The van der Waals surface area contributed by atoms with E-state index in [-0.39, 0.29) is 11.9 Å². The zero-order valence-electron chi connectivity index (χ0n) is 9.42. The SMILES string of the molecule is CC(N)CC(=O)NC1CCC(C)C1C. The lowest BCUT2D eigenvalue weighted by Gasteiger charge is -2.20. The average molecular weight is 198 g/mol. The van der Waals surface area contributed by atoms with E-state index in [1.807, 2.05) is 6.92 Å². The van der Waals surface area contributed by atoms with Crippen LogP contribution in [0.4, 0.5) is 0 Å². The minimum Gasteiger partial charge on any atom is -0.353 e. The molecule has 1 fully saturated rings. The lowest BCUT2D eigenvalue weighted by Crippen LogP contribution is -2.39. The van der Waals surface area contributed by atoms with Gasteiger partial charge >= 0.3 is 0 Å². The topological polar surface area (TPSA) is 55.1 Å². The van der Waals surface area contributed by atoms with E-state index in [4.69, 9.17) is 5.73 Å². The fraction of sp³-hybridized carbons (Fsp3) is 0.909. The molecule has 1 amide bonds. The maximum absolute atomic E-state index is 11.5. The second kappa shape index (κ2) is 4.78. The Kier molecular flexibility index (Phi) is 3.93. The lowest BCUT2D eigenvalue weighted by molar-refractivity contribution is -0.122. The van der Waals surface area contributed by atoms with Crippen LogP contribution in [0.5, 0.6) is 0 Å². The van der Waals surface area contributed by atoms with Crippen molar-refractivity contribution in [3.8, 4) is 0 Å². The van der Waals surface area contributed by atoms with E-state index in [0.29, 0.717) is 18.4 Å². The van der Waals surface area contributed by atoms with Gasteiger partial charge in [-0.05, 0) is 31.6 Å². The highest BCUT2D eigenvalue weighted by Crippen LogP contribution is 2.30. The van der Waals surface area contributed by atoms with Crippen molar-refractivity contribution in [2.24, 2.45) is 17.6 Å². The molecule has 82 valence electrons. The Hall–Kier alpha value is -0.570. The van der Waals surface area contributed by atoms with Crippen molar-refractivity contribution in [3.05, 3.63) is 0 Å². The fourth-order valence-electron chi connectivity index (χ4n) is 2.13. The van der Waals surface area contributed by atoms with Crippen LogP contribution < -0.4 is 11.1 Å².